The first kappa shape index (κ1) is 20.8. The van der Waals surface area contributed by atoms with E-state index in [4.69, 9.17) is 14.2 Å². The molecule has 0 saturated carbocycles. The van der Waals surface area contributed by atoms with Gasteiger partial charge in [-0.1, -0.05) is 36.4 Å². The maximum absolute atomic E-state index is 12.7. The standard InChI is InChI=1S/C25H24N4O4/c1-15-23-19(18-7-5-4-6-8-18)12-22(27-24(23)29(3)28-15)33-16(2)25(30)26-13-17-9-10-20-21(11-17)32-14-31-20/h4-12,16H,13-14H2,1-3H3,(H,26,30). The number of hydrogen-bond acceptors (Lipinski definition) is 6. The summed E-state index contributed by atoms with van der Waals surface area (Å²) in [7, 11) is 1.85. The van der Waals surface area contributed by atoms with Gasteiger partial charge in [-0.05, 0) is 42.7 Å². The molecule has 0 saturated heterocycles. The van der Waals surface area contributed by atoms with Crippen molar-refractivity contribution in [2.24, 2.45) is 7.05 Å². The van der Waals surface area contributed by atoms with Gasteiger partial charge >= 0.3 is 0 Å². The molecule has 1 aliphatic heterocycles. The van der Waals surface area contributed by atoms with Crippen molar-refractivity contribution in [1.29, 1.82) is 0 Å². The Bertz CT molecular complexity index is 1330. The number of carbonyl (C=O) groups excluding carboxylic acids is 1. The lowest BCUT2D eigenvalue weighted by molar-refractivity contribution is -0.127. The van der Waals surface area contributed by atoms with Crippen molar-refractivity contribution < 1.29 is 19.0 Å². The Balaban J connectivity index is 1.35. The minimum absolute atomic E-state index is 0.217. The number of pyridine rings is 1. The first-order valence-corrected chi connectivity index (χ1v) is 10.7. The molecule has 0 spiro atoms. The van der Waals surface area contributed by atoms with Crippen LogP contribution in [0.1, 0.15) is 18.2 Å². The van der Waals surface area contributed by atoms with E-state index in [2.05, 4.69) is 15.4 Å². The quantitative estimate of drug-likeness (QED) is 0.487. The van der Waals surface area contributed by atoms with Crippen LogP contribution in [0.5, 0.6) is 17.4 Å². The van der Waals surface area contributed by atoms with Crippen LogP contribution in [0.15, 0.2) is 54.6 Å². The molecule has 0 aliphatic carbocycles. The number of carbonyl (C=O) groups is 1. The van der Waals surface area contributed by atoms with Crippen LogP contribution in [0.3, 0.4) is 0 Å². The fourth-order valence-corrected chi connectivity index (χ4v) is 3.95. The van der Waals surface area contributed by atoms with Crippen molar-refractivity contribution in [1.82, 2.24) is 20.1 Å². The first-order valence-electron chi connectivity index (χ1n) is 10.7. The number of ether oxygens (including phenoxy) is 3. The van der Waals surface area contributed by atoms with Gasteiger partial charge in [0, 0.05) is 19.7 Å². The Morgan fingerprint density at radius 3 is 2.76 bits per heavy atom. The first-order chi connectivity index (χ1) is 16.0. The highest BCUT2D eigenvalue weighted by molar-refractivity contribution is 5.95. The summed E-state index contributed by atoms with van der Waals surface area (Å²) in [4.78, 5) is 17.3. The second kappa shape index (κ2) is 8.46. The van der Waals surface area contributed by atoms with Gasteiger partial charge in [0.05, 0.1) is 11.1 Å². The van der Waals surface area contributed by atoms with Gasteiger partial charge < -0.3 is 19.5 Å². The van der Waals surface area contributed by atoms with Crippen LogP contribution in [-0.2, 0) is 18.4 Å². The minimum Gasteiger partial charge on any atom is -0.464 e. The van der Waals surface area contributed by atoms with Crippen LogP contribution >= 0.6 is 0 Å². The van der Waals surface area contributed by atoms with Crippen molar-refractivity contribution in [3.63, 3.8) is 0 Å². The minimum atomic E-state index is -0.734. The molecular weight excluding hydrogens is 420 g/mol. The topological polar surface area (TPSA) is 87.5 Å². The summed E-state index contributed by atoms with van der Waals surface area (Å²) in [5.41, 5.74) is 4.51. The molecule has 2 aromatic heterocycles. The Kier molecular flexibility index (Phi) is 5.34. The molecule has 0 fully saturated rings. The van der Waals surface area contributed by atoms with E-state index in [0.29, 0.717) is 29.6 Å². The third kappa shape index (κ3) is 4.07. The van der Waals surface area contributed by atoms with E-state index in [1.807, 2.05) is 68.6 Å². The van der Waals surface area contributed by atoms with Gasteiger partial charge in [-0.25, -0.2) is 0 Å². The molecule has 1 unspecified atom stereocenters. The molecular formula is C25H24N4O4. The summed E-state index contributed by atoms with van der Waals surface area (Å²) < 4.78 is 18.4. The van der Waals surface area contributed by atoms with Crippen LogP contribution < -0.4 is 19.5 Å². The molecule has 0 bridgehead atoms. The van der Waals surface area contributed by atoms with Crippen LogP contribution in [0.4, 0.5) is 0 Å². The molecule has 1 atom stereocenters. The number of aryl methyl sites for hydroxylation is 2. The van der Waals surface area contributed by atoms with E-state index in [-0.39, 0.29) is 12.7 Å². The van der Waals surface area contributed by atoms with Crippen molar-refractivity contribution in [3.05, 3.63) is 65.9 Å². The van der Waals surface area contributed by atoms with Crippen LogP contribution in [0.2, 0.25) is 0 Å². The number of hydrogen-bond donors (Lipinski definition) is 1. The Morgan fingerprint density at radius 2 is 1.94 bits per heavy atom. The Labute approximate surface area is 191 Å². The van der Waals surface area contributed by atoms with Gasteiger partial charge in [0.2, 0.25) is 12.7 Å². The molecule has 2 aromatic carbocycles. The lowest BCUT2D eigenvalue weighted by Gasteiger charge is -2.15. The van der Waals surface area contributed by atoms with Gasteiger partial charge in [-0.3, -0.25) is 9.48 Å². The maximum Gasteiger partial charge on any atom is 0.261 e. The van der Waals surface area contributed by atoms with Crippen molar-refractivity contribution >= 4 is 16.9 Å². The largest absolute Gasteiger partial charge is 0.464 e. The number of aromatic nitrogens is 3. The molecule has 8 nitrogen and oxygen atoms in total. The number of rotatable bonds is 6. The van der Waals surface area contributed by atoms with Gasteiger partial charge in [-0.15, -0.1) is 0 Å². The van der Waals surface area contributed by atoms with Crippen LogP contribution in [0.25, 0.3) is 22.2 Å². The Hall–Kier alpha value is -4.07. The second-order valence-electron chi connectivity index (χ2n) is 7.95. The molecule has 1 amide bonds. The fourth-order valence-electron chi connectivity index (χ4n) is 3.95. The predicted molar refractivity (Wildman–Crippen MR) is 123 cm³/mol. The lowest BCUT2D eigenvalue weighted by Crippen LogP contribution is -2.36. The van der Waals surface area contributed by atoms with Gasteiger partial charge in [0.1, 0.15) is 0 Å². The number of nitrogens with zero attached hydrogens (tertiary/aromatic N) is 3. The molecule has 3 heterocycles. The number of fused-ring (bicyclic) bond motifs is 2. The molecule has 5 rings (SSSR count). The molecule has 1 aliphatic rings. The third-order valence-electron chi connectivity index (χ3n) is 5.60. The highest BCUT2D eigenvalue weighted by Crippen LogP contribution is 2.34. The summed E-state index contributed by atoms with van der Waals surface area (Å²) in [5.74, 6) is 1.53. The zero-order chi connectivity index (χ0) is 22.9. The van der Waals surface area contributed by atoms with Gasteiger partial charge in [-0.2, -0.15) is 10.1 Å². The van der Waals surface area contributed by atoms with E-state index in [0.717, 1.165) is 27.8 Å². The smallest absolute Gasteiger partial charge is 0.261 e. The summed E-state index contributed by atoms with van der Waals surface area (Å²) in [6, 6.07) is 17.5. The molecule has 33 heavy (non-hydrogen) atoms. The average molecular weight is 444 g/mol. The van der Waals surface area contributed by atoms with E-state index >= 15 is 0 Å². The van der Waals surface area contributed by atoms with E-state index in [1.54, 1.807) is 11.6 Å². The summed E-state index contributed by atoms with van der Waals surface area (Å²) in [5, 5.41) is 8.39. The van der Waals surface area contributed by atoms with Crippen LogP contribution in [0, 0.1) is 6.92 Å². The zero-order valence-corrected chi connectivity index (χ0v) is 18.7. The van der Waals surface area contributed by atoms with Crippen LogP contribution in [-0.4, -0.2) is 33.6 Å². The summed E-state index contributed by atoms with van der Waals surface area (Å²) in [6.45, 7) is 4.24. The summed E-state index contributed by atoms with van der Waals surface area (Å²) >= 11 is 0. The molecule has 4 aromatic rings. The molecule has 1 N–H and O–H groups in total. The molecule has 168 valence electrons. The van der Waals surface area contributed by atoms with E-state index < -0.39 is 6.10 Å². The maximum atomic E-state index is 12.7. The van der Waals surface area contributed by atoms with Crippen molar-refractivity contribution in [2.45, 2.75) is 26.5 Å². The van der Waals surface area contributed by atoms with E-state index in [9.17, 15) is 4.79 Å². The van der Waals surface area contributed by atoms with Gasteiger partial charge in [0.25, 0.3) is 5.91 Å². The monoisotopic (exact) mass is 444 g/mol. The Morgan fingerprint density at radius 1 is 1.15 bits per heavy atom. The average Bonchev–Trinajstić information content (AvgIpc) is 3.41. The zero-order valence-electron chi connectivity index (χ0n) is 18.7. The second-order valence-corrected chi connectivity index (χ2v) is 7.95. The molecule has 8 heteroatoms. The fraction of sp³-hybridized carbons (Fsp3) is 0.240. The third-order valence-corrected chi connectivity index (χ3v) is 5.60. The summed E-state index contributed by atoms with van der Waals surface area (Å²) in [6.07, 6.45) is -0.734. The van der Waals surface area contributed by atoms with E-state index in [1.165, 1.54) is 0 Å². The number of benzene rings is 2. The number of amides is 1. The van der Waals surface area contributed by atoms with Crippen molar-refractivity contribution in [2.75, 3.05) is 6.79 Å². The molecule has 0 radical (unpaired) electrons. The highest BCUT2D eigenvalue weighted by Gasteiger charge is 2.20. The normalized spacial score (nSPS) is 13.2. The van der Waals surface area contributed by atoms with Crippen molar-refractivity contribution in [3.8, 4) is 28.5 Å². The lowest BCUT2D eigenvalue weighted by atomic mass is 10.0. The van der Waals surface area contributed by atoms with Gasteiger partial charge in [0.15, 0.2) is 23.3 Å². The SMILES string of the molecule is Cc1nn(C)c2nc(OC(C)C(=O)NCc3ccc4c(c3)OCO4)cc(-c3ccccc3)c12. The number of nitrogens with one attached hydrogen (secondary N) is 1. The predicted octanol–water partition coefficient (Wildman–Crippen LogP) is 3.76. The highest BCUT2D eigenvalue weighted by atomic mass is 16.7.